The van der Waals surface area contributed by atoms with Crippen LogP contribution in [0.3, 0.4) is 0 Å². The second kappa shape index (κ2) is 54.5. The van der Waals surface area contributed by atoms with Crippen molar-refractivity contribution >= 4 is 13.7 Å². The van der Waals surface area contributed by atoms with E-state index in [0.29, 0.717) is 23.9 Å². The van der Waals surface area contributed by atoms with Gasteiger partial charge in [0.05, 0.1) is 39.9 Å². The predicted octanol–water partition coefficient (Wildman–Crippen LogP) is 17.7. The van der Waals surface area contributed by atoms with E-state index in [2.05, 4.69) is 129 Å². The van der Waals surface area contributed by atoms with Crippen molar-refractivity contribution in [3.63, 3.8) is 0 Å². The Morgan fingerprint density at radius 3 is 1.27 bits per heavy atom. The third-order valence-electron chi connectivity index (χ3n) is 13.1. The number of aliphatic hydroxyl groups excluding tert-OH is 2. The number of hydrogen-bond acceptors (Lipinski definition) is 6. The summed E-state index contributed by atoms with van der Waals surface area (Å²) in [5, 5.41) is 24.8. The van der Waals surface area contributed by atoms with E-state index in [1.807, 2.05) is 21.1 Å². The minimum Gasteiger partial charge on any atom is -0.390 e. The van der Waals surface area contributed by atoms with E-state index in [-0.39, 0.29) is 18.9 Å². The molecule has 432 valence electrons. The molecule has 10 heteroatoms. The summed E-state index contributed by atoms with van der Waals surface area (Å²) < 4.78 is 23.6. The molecule has 0 aromatic heterocycles. The Morgan fingerprint density at radius 1 is 0.480 bits per heavy atom. The largest absolute Gasteiger partial charge is 0.472 e. The number of carbonyl (C=O) groups is 1. The summed E-state index contributed by atoms with van der Waals surface area (Å²) in [6.07, 6.45) is 76.3. The first-order valence-corrected chi connectivity index (χ1v) is 31.8. The molecular weight excluding hydrogens is 952 g/mol. The molecule has 0 aromatic carbocycles. The quantitative estimate of drug-likeness (QED) is 0.0207. The molecule has 0 fully saturated rings. The molecule has 4 N–H and O–H groups in total. The van der Waals surface area contributed by atoms with Crippen LogP contribution in [-0.4, -0.2) is 84.6 Å². The predicted molar refractivity (Wildman–Crippen MR) is 324 cm³/mol. The second-order valence-corrected chi connectivity index (χ2v) is 22.9. The minimum absolute atomic E-state index is 0.0105. The van der Waals surface area contributed by atoms with Crippen molar-refractivity contribution in [1.82, 2.24) is 5.32 Å². The van der Waals surface area contributed by atoms with Crippen molar-refractivity contribution in [3.05, 3.63) is 109 Å². The van der Waals surface area contributed by atoms with Crippen LogP contribution in [0.2, 0.25) is 0 Å². The van der Waals surface area contributed by atoms with Gasteiger partial charge in [-0.25, -0.2) is 4.57 Å². The molecule has 0 heterocycles. The fourth-order valence-electron chi connectivity index (χ4n) is 8.32. The molecule has 0 spiro atoms. The first-order chi connectivity index (χ1) is 36.4. The van der Waals surface area contributed by atoms with Gasteiger partial charge in [0, 0.05) is 6.42 Å². The lowest BCUT2D eigenvalue weighted by Crippen LogP contribution is -2.51. The molecule has 75 heavy (non-hydrogen) atoms. The van der Waals surface area contributed by atoms with E-state index in [0.717, 1.165) is 96.3 Å². The molecule has 1 amide bonds. The van der Waals surface area contributed by atoms with Gasteiger partial charge in [0.1, 0.15) is 19.3 Å². The highest BCUT2D eigenvalue weighted by Gasteiger charge is 2.31. The number of carbonyl (C=O) groups excluding carboxylic acids is 1. The molecule has 0 aliphatic heterocycles. The third kappa shape index (κ3) is 55.7. The zero-order valence-corrected chi connectivity index (χ0v) is 49.8. The molecule has 0 rings (SSSR count). The Balaban J connectivity index is 4.05. The number of allylic oxidation sites excluding steroid dienone is 18. The van der Waals surface area contributed by atoms with Gasteiger partial charge in [0.25, 0.3) is 0 Å². The van der Waals surface area contributed by atoms with Gasteiger partial charge in [-0.3, -0.25) is 13.8 Å². The molecule has 4 unspecified atom stereocenters. The van der Waals surface area contributed by atoms with Gasteiger partial charge in [0.2, 0.25) is 5.91 Å². The zero-order chi connectivity index (χ0) is 55.0. The number of nitrogens with zero attached hydrogens (tertiary/aromatic N) is 1. The molecule has 0 saturated heterocycles. The summed E-state index contributed by atoms with van der Waals surface area (Å²) in [6, 6.07) is -1.06. The number of unbranched alkanes of at least 4 members (excludes halogenated alkanes) is 22. The fourth-order valence-corrected chi connectivity index (χ4v) is 9.05. The maximum Gasteiger partial charge on any atom is 0.472 e. The van der Waals surface area contributed by atoms with Gasteiger partial charge in [0.15, 0.2) is 0 Å². The van der Waals surface area contributed by atoms with E-state index >= 15 is 0 Å². The SMILES string of the molecule is CC/C=C\C/C=C\C/C=C\C/C=C\C/C=C\C/C=C\C/C=C\CCCCCCCCCCCCCCCCCCCC(=O)NC(COP(=O)(O)OCC[N+](C)(C)C)C(O)C(O)CCC/C=C/CC/C=C/CCCCC. The lowest BCUT2D eigenvalue weighted by atomic mass is 10.0. The first-order valence-electron chi connectivity index (χ1n) is 30.3. The smallest absolute Gasteiger partial charge is 0.390 e. The van der Waals surface area contributed by atoms with Crippen LogP contribution in [0.5, 0.6) is 0 Å². The topological polar surface area (TPSA) is 125 Å². The molecule has 0 aliphatic rings. The number of phosphoric ester groups is 1. The van der Waals surface area contributed by atoms with Crippen molar-refractivity contribution in [3.8, 4) is 0 Å². The number of aliphatic hydroxyl groups is 2. The van der Waals surface area contributed by atoms with E-state index in [1.54, 1.807) is 0 Å². The van der Waals surface area contributed by atoms with Crippen molar-refractivity contribution in [2.75, 3.05) is 40.9 Å². The van der Waals surface area contributed by atoms with Crippen LogP contribution < -0.4 is 5.32 Å². The van der Waals surface area contributed by atoms with Crippen LogP contribution in [0.15, 0.2) is 109 Å². The van der Waals surface area contributed by atoms with Crippen molar-refractivity contribution in [2.45, 2.75) is 257 Å². The van der Waals surface area contributed by atoms with Gasteiger partial charge in [-0.2, -0.15) is 0 Å². The Hall–Kier alpha value is -2.88. The van der Waals surface area contributed by atoms with Gasteiger partial charge >= 0.3 is 7.82 Å². The number of amides is 1. The molecule has 0 saturated carbocycles. The summed E-state index contributed by atoms with van der Waals surface area (Å²) in [4.78, 5) is 23.3. The standard InChI is InChI=1S/C65H115N2O7P/c1-6-8-10-12-14-16-18-20-21-22-23-24-25-26-27-28-29-30-31-32-33-34-35-36-37-38-39-40-41-42-43-44-45-46-48-50-52-54-56-58-64(69)66-62(61-74-75(71,72)73-60-59-67(3,4)5)65(70)63(68)57-55-53-51-49-47-19-17-15-13-11-9-7-2/h8,10,14-17,20-21,23-24,26-27,29-30,32-33,49,51,62-63,65,68,70H,6-7,9,11-13,18-19,22,25,28,31,34-48,50,52-61H2,1-5H3,(H-,66,69,71,72)/p+1/b10-8-,16-14-,17-15+,21-20-,24-23-,27-26-,30-29-,33-32-,51-49+. The number of likely N-dealkylation sites (N-methyl/N-ethyl adjacent to an activating group) is 1. The summed E-state index contributed by atoms with van der Waals surface area (Å²) in [5.41, 5.74) is 0. The molecule has 0 radical (unpaired) electrons. The maximum absolute atomic E-state index is 13.0. The lowest BCUT2D eigenvalue weighted by molar-refractivity contribution is -0.870. The molecule has 0 aromatic rings. The van der Waals surface area contributed by atoms with E-state index in [1.165, 1.54) is 109 Å². The van der Waals surface area contributed by atoms with Crippen LogP contribution in [0.4, 0.5) is 0 Å². The van der Waals surface area contributed by atoms with Crippen molar-refractivity contribution in [2.24, 2.45) is 0 Å². The molecule has 9 nitrogen and oxygen atoms in total. The molecule has 4 atom stereocenters. The van der Waals surface area contributed by atoms with E-state index in [4.69, 9.17) is 9.05 Å². The van der Waals surface area contributed by atoms with E-state index in [9.17, 15) is 24.5 Å². The number of nitrogens with one attached hydrogen (secondary N) is 1. The highest BCUT2D eigenvalue weighted by atomic mass is 31.2. The number of quaternary nitrogens is 1. The normalized spacial score (nSPS) is 15.0. The van der Waals surface area contributed by atoms with Gasteiger partial charge in [-0.05, 0) is 109 Å². The van der Waals surface area contributed by atoms with Crippen LogP contribution in [0.1, 0.15) is 239 Å². The Kier molecular flexibility index (Phi) is 52.4. The number of phosphoric acid groups is 1. The van der Waals surface area contributed by atoms with Crippen molar-refractivity contribution < 1.29 is 38.0 Å². The van der Waals surface area contributed by atoms with Gasteiger partial charge in [-0.1, -0.05) is 232 Å². The number of hydrogen-bond donors (Lipinski definition) is 4. The summed E-state index contributed by atoms with van der Waals surface area (Å²) in [6.45, 7) is 4.43. The number of rotatable bonds is 54. The highest BCUT2D eigenvalue weighted by molar-refractivity contribution is 7.47. The Labute approximate surface area is 462 Å². The molecule has 0 bridgehead atoms. The van der Waals surface area contributed by atoms with Crippen LogP contribution >= 0.6 is 7.82 Å². The average Bonchev–Trinajstić information content (AvgIpc) is 3.37. The van der Waals surface area contributed by atoms with Crippen LogP contribution in [-0.2, 0) is 18.4 Å². The second-order valence-electron chi connectivity index (χ2n) is 21.5. The van der Waals surface area contributed by atoms with E-state index < -0.39 is 32.7 Å². The fraction of sp³-hybridized carbons (Fsp3) is 0.708. The van der Waals surface area contributed by atoms with Crippen LogP contribution in [0, 0.1) is 0 Å². The third-order valence-corrected chi connectivity index (χ3v) is 14.1. The molecule has 0 aliphatic carbocycles. The zero-order valence-electron chi connectivity index (χ0n) is 48.9. The Bertz CT molecular complexity index is 1610. The lowest BCUT2D eigenvalue weighted by Gasteiger charge is -2.28. The summed E-state index contributed by atoms with van der Waals surface area (Å²) in [7, 11) is 1.40. The van der Waals surface area contributed by atoms with Crippen molar-refractivity contribution in [1.29, 1.82) is 0 Å². The van der Waals surface area contributed by atoms with Crippen LogP contribution in [0.25, 0.3) is 0 Å². The maximum atomic E-state index is 13.0. The highest BCUT2D eigenvalue weighted by Crippen LogP contribution is 2.43. The Morgan fingerprint density at radius 2 is 0.840 bits per heavy atom. The minimum atomic E-state index is -4.44. The summed E-state index contributed by atoms with van der Waals surface area (Å²) in [5.74, 6) is -0.275. The monoisotopic (exact) mass is 1070 g/mol. The summed E-state index contributed by atoms with van der Waals surface area (Å²) >= 11 is 0. The molecular formula is C65H116N2O7P+. The van der Waals surface area contributed by atoms with Gasteiger partial charge in [-0.15, -0.1) is 0 Å². The van der Waals surface area contributed by atoms with Gasteiger partial charge < -0.3 is 24.9 Å². The average molecular weight is 1070 g/mol. The first kappa shape index (κ1) is 72.1.